The molecule has 0 saturated carbocycles. The monoisotopic (exact) mass is 1410 g/mol. The first kappa shape index (κ1) is 61.7. The van der Waals surface area contributed by atoms with Gasteiger partial charge in [0.1, 0.15) is 0 Å². The van der Waals surface area contributed by atoms with E-state index in [1.807, 2.05) is 22.7 Å². The van der Waals surface area contributed by atoms with Crippen LogP contribution in [0.5, 0.6) is 0 Å². The Balaban J connectivity index is 0.000000135. The van der Waals surface area contributed by atoms with E-state index >= 15 is 0 Å². The van der Waals surface area contributed by atoms with Gasteiger partial charge in [0, 0.05) is 117 Å². The third-order valence-corrected chi connectivity index (χ3v) is 24.0. The van der Waals surface area contributed by atoms with Crippen LogP contribution in [0.15, 0.2) is 364 Å². The second-order valence-corrected chi connectivity index (χ2v) is 30.0. The average Bonchev–Trinajstić information content (AvgIpc) is 1.54. The summed E-state index contributed by atoms with van der Waals surface area (Å²) in [7, 11) is 0. The number of rotatable bonds is 8. The summed E-state index contributed by atoms with van der Waals surface area (Å²) in [6.07, 6.45) is 0. The molecule has 0 unspecified atom stereocenters. The van der Waals surface area contributed by atoms with Gasteiger partial charge in [-0.05, 0) is 129 Å². The fourth-order valence-electron chi connectivity index (χ4n) is 16.9. The van der Waals surface area contributed by atoms with E-state index in [0.717, 1.165) is 77.9 Å². The van der Waals surface area contributed by atoms with E-state index in [-0.39, 0.29) is 0 Å². The molecule has 23 aromatic rings. The van der Waals surface area contributed by atoms with Crippen molar-refractivity contribution >= 4 is 161 Å². The maximum Gasteiger partial charge on any atom is 0.160 e. The smallest absolute Gasteiger partial charge is 0.160 e. The molecule has 17 aromatic carbocycles. The minimum atomic E-state index is 0.694. The zero-order chi connectivity index (χ0) is 70.9. The number of aromatic nitrogens is 6. The Kier molecular flexibility index (Phi) is 14.3. The maximum atomic E-state index is 5.45. The molecule has 0 spiro atoms. The molecule has 0 fully saturated rings. The normalized spacial score (nSPS) is 11.9. The SMILES string of the molecule is c1cc(-c2nc(-c3ccc4ccccc4c3)c3ccccc3n2)cc(-n2c3ccccc3c3c4sc5ccccc5c4c4ccccc4c32)c1.c1ccc(-c2cc(-c3ccccc3)cc(-c3nc(-c4cccc(-n5c6ccccc6c6c7sc8ccccc8c7c7ccccc7c65)c4)nc4ccccc34)c2)cc1. The van der Waals surface area contributed by atoms with Gasteiger partial charge in [0.25, 0.3) is 0 Å². The van der Waals surface area contributed by atoms with Crippen molar-refractivity contribution in [2.75, 3.05) is 0 Å². The lowest BCUT2D eigenvalue weighted by Crippen LogP contribution is -1.98. The molecule has 0 saturated heterocycles. The van der Waals surface area contributed by atoms with Crippen LogP contribution in [0.2, 0.25) is 0 Å². The minimum absolute atomic E-state index is 0.694. The van der Waals surface area contributed by atoms with Crippen LogP contribution in [-0.4, -0.2) is 29.1 Å². The predicted molar refractivity (Wildman–Crippen MR) is 459 cm³/mol. The van der Waals surface area contributed by atoms with Crippen LogP contribution in [0.4, 0.5) is 0 Å². The molecule has 0 aliphatic carbocycles. The van der Waals surface area contributed by atoms with Crippen molar-refractivity contribution in [1.29, 1.82) is 0 Å². The standard InChI is InChI=1S/C54H33N3S.C46H27N3S/c1-3-16-34(17-4-1)37-30-38(35-18-5-2-6-19-35)32-39(31-37)51-43-24-9-12-27-46(43)55-54(56-51)36-20-15-21-40(33-36)57-47-28-13-10-25-44(47)50-52(57)42-23-8-7-22-41(42)49-45-26-11-14-29-48(45)58-53(49)50;1-2-13-29-26-30(25-24-28(29)12-1)43-35-18-5-8-21-38(35)47-46(48-43)31-14-11-15-32(27-31)49-39-22-9-6-19-36(39)42-44(49)34-17-4-3-16-33(34)41-37-20-7-10-23-40(37)50-45(41)42/h1-33H;1-27H. The van der Waals surface area contributed by atoms with E-state index in [1.54, 1.807) is 0 Å². The number of thiophene rings is 2. The largest absolute Gasteiger partial charge is 0.309 e. The van der Waals surface area contributed by atoms with Crippen LogP contribution in [0.25, 0.3) is 217 Å². The van der Waals surface area contributed by atoms with Gasteiger partial charge in [-0.15, -0.1) is 22.7 Å². The van der Waals surface area contributed by atoms with Gasteiger partial charge in [0.15, 0.2) is 11.6 Å². The number of nitrogens with zero attached hydrogens (tertiary/aromatic N) is 6. The molecule has 0 amide bonds. The number of hydrogen-bond acceptors (Lipinski definition) is 6. The van der Waals surface area contributed by atoms with Gasteiger partial charge in [-0.25, -0.2) is 19.9 Å². The fourth-order valence-corrected chi connectivity index (χ4v) is 19.4. The lowest BCUT2D eigenvalue weighted by molar-refractivity contribution is 1.17. The Morgan fingerprint density at radius 1 is 0.213 bits per heavy atom. The third-order valence-electron chi connectivity index (χ3n) is 21.7. The molecule has 8 heteroatoms. The molecule has 0 atom stereocenters. The van der Waals surface area contributed by atoms with Crippen molar-refractivity contribution in [3.05, 3.63) is 364 Å². The predicted octanol–water partition coefficient (Wildman–Crippen LogP) is 27.7. The first-order chi connectivity index (χ1) is 53.6. The summed E-state index contributed by atoms with van der Waals surface area (Å²) in [5, 5.41) is 20.0. The lowest BCUT2D eigenvalue weighted by atomic mass is 9.94. The highest BCUT2D eigenvalue weighted by molar-refractivity contribution is 7.27. The van der Waals surface area contributed by atoms with Gasteiger partial charge in [-0.3, -0.25) is 0 Å². The molecule has 502 valence electrons. The zero-order valence-corrected chi connectivity index (χ0v) is 59.8. The van der Waals surface area contributed by atoms with E-state index in [2.05, 4.69) is 373 Å². The minimum Gasteiger partial charge on any atom is -0.309 e. The molecule has 0 radical (unpaired) electrons. The van der Waals surface area contributed by atoms with Crippen molar-refractivity contribution in [3.63, 3.8) is 0 Å². The first-order valence-corrected chi connectivity index (χ1v) is 38.2. The Labute approximate surface area is 628 Å². The van der Waals surface area contributed by atoms with Crippen molar-refractivity contribution < 1.29 is 0 Å². The van der Waals surface area contributed by atoms with Crippen LogP contribution >= 0.6 is 22.7 Å². The average molecular weight is 1410 g/mol. The van der Waals surface area contributed by atoms with E-state index in [0.29, 0.717) is 11.6 Å². The Bertz CT molecular complexity index is 7580. The van der Waals surface area contributed by atoms with E-state index < -0.39 is 0 Å². The van der Waals surface area contributed by atoms with Gasteiger partial charge < -0.3 is 9.13 Å². The van der Waals surface area contributed by atoms with Crippen LogP contribution in [-0.2, 0) is 0 Å². The summed E-state index contributed by atoms with van der Waals surface area (Å²) < 4.78 is 10.2. The Morgan fingerprint density at radius 2 is 0.593 bits per heavy atom. The van der Waals surface area contributed by atoms with Crippen molar-refractivity contribution in [2.45, 2.75) is 0 Å². The summed E-state index contributed by atoms with van der Waals surface area (Å²) in [5.74, 6) is 1.41. The molecular weight excluding hydrogens is 1350 g/mol. The van der Waals surface area contributed by atoms with Gasteiger partial charge in [0.05, 0.1) is 44.5 Å². The Morgan fingerprint density at radius 3 is 1.09 bits per heavy atom. The topological polar surface area (TPSA) is 61.4 Å². The number of benzene rings is 17. The third kappa shape index (κ3) is 9.92. The molecule has 0 N–H and O–H groups in total. The lowest BCUT2D eigenvalue weighted by Gasteiger charge is -2.15. The highest BCUT2D eigenvalue weighted by Crippen LogP contribution is 2.51. The second kappa shape index (κ2) is 25.0. The zero-order valence-electron chi connectivity index (χ0n) is 58.1. The molecular formula is C100H60N6S2. The molecule has 6 aromatic heterocycles. The molecule has 6 nitrogen and oxygen atoms in total. The second-order valence-electron chi connectivity index (χ2n) is 27.9. The van der Waals surface area contributed by atoms with Crippen LogP contribution in [0.3, 0.4) is 0 Å². The van der Waals surface area contributed by atoms with Crippen LogP contribution in [0, 0.1) is 0 Å². The summed E-state index contributed by atoms with van der Waals surface area (Å²) in [4.78, 5) is 21.1. The van der Waals surface area contributed by atoms with Crippen LogP contribution in [0.1, 0.15) is 0 Å². The summed E-state index contributed by atoms with van der Waals surface area (Å²) >= 11 is 3.79. The highest BCUT2D eigenvalue weighted by atomic mass is 32.1. The van der Waals surface area contributed by atoms with Gasteiger partial charge >= 0.3 is 0 Å². The maximum absolute atomic E-state index is 5.45. The van der Waals surface area contributed by atoms with Crippen molar-refractivity contribution in [2.24, 2.45) is 0 Å². The molecule has 0 aliphatic heterocycles. The molecule has 6 heterocycles. The molecule has 23 rings (SSSR count). The molecule has 108 heavy (non-hydrogen) atoms. The van der Waals surface area contributed by atoms with E-state index in [4.69, 9.17) is 19.9 Å². The van der Waals surface area contributed by atoms with Crippen LogP contribution < -0.4 is 0 Å². The number of para-hydroxylation sites is 4. The number of fused-ring (bicyclic) bond motifs is 23. The first-order valence-electron chi connectivity index (χ1n) is 36.6. The van der Waals surface area contributed by atoms with Gasteiger partial charge in [-0.1, -0.05) is 279 Å². The Hall–Kier alpha value is -13.8. The van der Waals surface area contributed by atoms with Gasteiger partial charge in [-0.2, -0.15) is 0 Å². The summed E-state index contributed by atoms with van der Waals surface area (Å²) in [5.41, 5.74) is 19.4. The number of hydrogen-bond donors (Lipinski definition) is 0. The van der Waals surface area contributed by atoms with Gasteiger partial charge in [0.2, 0.25) is 0 Å². The summed E-state index contributed by atoms with van der Waals surface area (Å²) in [6, 6.07) is 130. The molecule has 0 bridgehead atoms. The van der Waals surface area contributed by atoms with Crippen molar-refractivity contribution in [3.8, 4) is 78.9 Å². The quantitative estimate of drug-likeness (QED) is 0.152. The van der Waals surface area contributed by atoms with Crippen molar-refractivity contribution in [1.82, 2.24) is 29.1 Å². The molecule has 0 aliphatic rings. The summed E-state index contributed by atoms with van der Waals surface area (Å²) in [6.45, 7) is 0. The fraction of sp³-hybridized carbons (Fsp3) is 0. The van der Waals surface area contributed by atoms with E-state index in [1.165, 1.54) is 127 Å². The highest BCUT2D eigenvalue weighted by Gasteiger charge is 2.26. The van der Waals surface area contributed by atoms with E-state index in [9.17, 15) is 0 Å².